The first-order valence-electron chi connectivity index (χ1n) is 9.73. The molecule has 1 aromatic carbocycles. The molecule has 150 valence electrons. The quantitative estimate of drug-likeness (QED) is 0.802. The Kier molecular flexibility index (Phi) is 6.44. The normalized spacial score (nSPS) is 16.6. The summed E-state index contributed by atoms with van der Waals surface area (Å²) < 4.78 is 5.42. The van der Waals surface area contributed by atoms with Gasteiger partial charge in [-0.3, -0.25) is 14.7 Å². The van der Waals surface area contributed by atoms with Crippen molar-refractivity contribution in [3.63, 3.8) is 0 Å². The minimum atomic E-state index is -0.631. The third-order valence-electron chi connectivity index (χ3n) is 5.17. The van der Waals surface area contributed by atoms with Crippen molar-refractivity contribution in [1.29, 1.82) is 0 Å². The molecule has 0 aliphatic carbocycles. The molecule has 6 nitrogen and oxygen atoms in total. The average Bonchev–Trinajstić information content (AvgIpc) is 2.73. The summed E-state index contributed by atoms with van der Waals surface area (Å²) in [5.41, 5.74) is 2.66. The molecule has 2 heterocycles. The van der Waals surface area contributed by atoms with Gasteiger partial charge in [-0.25, -0.2) is 0 Å². The van der Waals surface area contributed by atoms with Gasteiger partial charge in [0.15, 0.2) is 0 Å². The van der Waals surface area contributed by atoms with Crippen molar-refractivity contribution in [2.24, 2.45) is 0 Å². The fourth-order valence-electron chi connectivity index (χ4n) is 3.34. The fraction of sp³-hybridized carbons (Fsp3) is 0.455. The van der Waals surface area contributed by atoms with E-state index in [1.165, 1.54) is 0 Å². The summed E-state index contributed by atoms with van der Waals surface area (Å²) in [6.45, 7) is 9.75. The molecule has 28 heavy (non-hydrogen) atoms. The van der Waals surface area contributed by atoms with Gasteiger partial charge in [-0.05, 0) is 45.0 Å². The number of aliphatic hydroxyl groups excluding tert-OH is 1. The maximum Gasteiger partial charge on any atom is 0.251 e. The molecule has 2 N–H and O–H groups in total. The van der Waals surface area contributed by atoms with Crippen molar-refractivity contribution >= 4 is 5.91 Å². The molecule has 0 radical (unpaired) electrons. The number of aromatic nitrogens is 1. The number of pyridine rings is 1. The second-order valence-electron chi connectivity index (χ2n) is 7.80. The average molecular weight is 383 g/mol. The van der Waals surface area contributed by atoms with Crippen LogP contribution in [-0.2, 0) is 4.74 Å². The Morgan fingerprint density at radius 1 is 1.25 bits per heavy atom. The zero-order valence-electron chi connectivity index (χ0n) is 16.8. The minimum Gasteiger partial charge on any atom is -0.387 e. The molecule has 1 saturated heterocycles. The highest BCUT2D eigenvalue weighted by Crippen LogP contribution is 2.21. The number of aliphatic hydroxyl groups is 1. The van der Waals surface area contributed by atoms with Gasteiger partial charge in [-0.15, -0.1) is 0 Å². The lowest BCUT2D eigenvalue weighted by molar-refractivity contribution is -0.00923. The van der Waals surface area contributed by atoms with Gasteiger partial charge in [0.05, 0.1) is 30.7 Å². The number of hydrogen-bond donors (Lipinski definition) is 2. The van der Waals surface area contributed by atoms with Crippen LogP contribution in [-0.4, -0.2) is 59.3 Å². The van der Waals surface area contributed by atoms with Crippen LogP contribution in [0.3, 0.4) is 0 Å². The number of ether oxygens (including phenoxy) is 1. The molecule has 0 bridgehead atoms. The molecule has 3 rings (SSSR count). The van der Waals surface area contributed by atoms with E-state index in [2.05, 4.69) is 29.0 Å². The summed E-state index contributed by atoms with van der Waals surface area (Å²) in [7, 11) is 0. The predicted octanol–water partition coefficient (Wildman–Crippen LogP) is 2.64. The van der Waals surface area contributed by atoms with Gasteiger partial charge in [0.1, 0.15) is 0 Å². The molecule has 0 spiro atoms. The van der Waals surface area contributed by atoms with E-state index in [-0.39, 0.29) is 11.4 Å². The van der Waals surface area contributed by atoms with Gasteiger partial charge >= 0.3 is 0 Å². The first-order chi connectivity index (χ1) is 13.4. The number of carbonyl (C=O) groups excluding carboxylic acids is 1. The Morgan fingerprint density at radius 2 is 1.96 bits per heavy atom. The van der Waals surface area contributed by atoms with E-state index in [1.54, 1.807) is 19.1 Å². The summed E-state index contributed by atoms with van der Waals surface area (Å²) in [5.74, 6) is -0.102. The van der Waals surface area contributed by atoms with Crippen molar-refractivity contribution in [2.45, 2.75) is 32.4 Å². The van der Waals surface area contributed by atoms with E-state index in [1.807, 2.05) is 30.3 Å². The number of carbonyl (C=O) groups is 1. The lowest BCUT2D eigenvalue weighted by atomic mass is 10.0. The third-order valence-corrected chi connectivity index (χ3v) is 5.17. The fourth-order valence-corrected chi connectivity index (χ4v) is 3.34. The Bertz CT molecular complexity index is 814. The molecular formula is C22H29N3O3. The minimum absolute atomic E-state index is 0.102. The van der Waals surface area contributed by atoms with Crippen LogP contribution in [0.1, 0.15) is 42.9 Å². The van der Waals surface area contributed by atoms with E-state index in [4.69, 9.17) is 4.74 Å². The number of rotatable bonds is 6. The molecular weight excluding hydrogens is 354 g/mol. The van der Waals surface area contributed by atoms with Gasteiger partial charge < -0.3 is 15.2 Å². The molecule has 0 saturated carbocycles. The van der Waals surface area contributed by atoms with Gasteiger partial charge in [0, 0.05) is 36.3 Å². The number of nitrogens with zero attached hydrogens (tertiary/aromatic N) is 2. The van der Waals surface area contributed by atoms with Crippen LogP contribution in [0.4, 0.5) is 0 Å². The van der Waals surface area contributed by atoms with Gasteiger partial charge in [0.25, 0.3) is 5.91 Å². The van der Waals surface area contributed by atoms with Crippen molar-refractivity contribution in [3.8, 4) is 11.3 Å². The Hall–Kier alpha value is -2.28. The summed E-state index contributed by atoms with van der Waals surface area (Å²) >= 11 is 0. The highest BCUT2D eigenvalue weighted by atomic mass is 16.5. The maximum absolute atomic E-state index is 12.7. The number of morpholine rings is 1. The molecule has 1 aliphatic rings. The highest BCUT2D eigenvalue weighted by Gasteiger charge is 2.28. The zero-order valence-corrected chi connectivity index (χ0v) is 16.8. The first kappa shape index (κ1) is 20.5. The maximum atomic E-state index is 12.7. The third kappa shape index (κ3) is 4.95. The van der Waals surface area contributed by atoms with E-state index in [0.717, 1.165) is 37.6 Å². The highest BCUT2D eigenvalue weighted by molar-refractivity contribution is 5.95. The zero-order chi connectivity index (χ0) is 20.1. The van der Waals surface area contributed by atoms with Crippen LogP contribution in [0.15, 0.2) is 42.5 Å². The molecule has 0 unspecified atom stereocenters. The molecule has 1 aromatic heterocycles. The standard InChI is InChI=1S/C22H29N3O3/c1-16(26)19-8-5-9-20(24-19)17-6-4-7-18(14-17)21(27)23-15-22(2,3)25-10-12-28-13-11-25/h4-9,14,16,26H,10-13,15H2,1-3H3,(H,23,27)/t16-/m1/s1. The molecule has 1 fully saturated rings. The lowest BCUT2D eigenvalue weighted by Gasteiger charge is -2.40. The van der Waals surface area contributed by atoms with Crippen LogP contribution < -0.4 is 5.32 Å². The SMILES string of the molecule is C[C@@H](O)c1cccc(-c2cccc(C(=O)NCC(C)(C)N3CCOCC3)c2)n1. The van der Waals surface area contributed by atoms with Gasteiger partial charge in [-0.1, -0.05) is 18.2 Å². The van der Waals surface area contributed by atoms with Crippen molar-refractivity contribution < 1.29 is 14.6 Å². The summed E-state index contributed by atoms with van der Waals surface area (Å²) in [6, 6.07) is 13.0. The number of amides is 1. The molecule has 6 heteroatoms. The second kappa shape index (κ2) is 8.82. The lowest BCUT2D eigenvalue weighted by Crippen LogP contribution is -2.55. The van der Waals surface area contributed by atoms with Crippen LogP contribution in [0.2, 0.25) is 0 Å². The summed E-state index contributed by atoms with van der Waals surface area (Å²) in [4.78, 5) is 19.6. The number of benzene rings is 1. The van der Waals surface area contributed by atoms with Crippen LogP contribution >= 0.6 is 0 Å². The second-order valence-corrected chi connectivity index (χ2v) is 7.80. The van der Waals surface area contributed by atoms with Gasteiger partial charge in [0.2, 0.25) is 0 Å². The molecule has 1 aliphatic heterocycles. The van der Waals surface area contributed by atoms with Crippen LogP contribution in [0.25, 0.3) is 11.3 Å². The molecule has 1 amide bonds. The van der Waals surface area contributed by atoms with E-state index in [0.29, 0.717) is 17.8 Å². The molecule has 2 aromatic rings. The Labute approximate surface area is 166 Å². The van der Waals surface area contributed by atoms with E-state index >= 15 is 0 Å². The number of nitrogens with one attached hydrogen (secondary N) is 1. The number of hydrogen-bond acceptors (Lipinski definition) is 5. The van der Waals surface area contributed by atoms with Crippen molar-refractivity contribution in [1.82, 2.24) is 15.2 Å². The van der Waals surface area contributed by atoms with Crippen molar-refractivity contribution in [2.75, 3.05) is 32.8 Å². The Morgan fingerprint density at radius 3 is 2.68 bits per heavy atom. The smallest absolute Gasteiger partial charge is 0.251 e. The predicted molar refractivity (Wildman–Crippen MR) is 109 cm³/mol. The van der Waals surface area contributed by atoms with Crippen LogP contribution in [0.5, 0.6) is 0 Å². The van der Waals surface area contributed by atoms with Gasteiger partial charge in [-0.2, -0.15) is 0 Å². The van der Waals surface area contributed by atoms with Crippen LogP contribution in [0, 0.1) is 0 Å². The topological polar surface area (TPSA) is 74.7 Å². The Balaban J connectivity index is 1.69. The largest absolute Gasteiger partial charge is 0.387 e. The monoisotopic (exact) mass is 383 g/mol. The van der Waals surface area contributed by atoms with E-state index < -0.39 is 6.10 Å². The molecule has 1 atom stereocenters. The first-order valence-corrected chi connectivity index (χ1v) is 9.73. The van der Waals surface area contributed by atoms with Crippen molar-refractivity contribution in [3.05, 3.63) is 53.7 Å². The van der Waals surface area contributed by atoms with E-state index in [9.17, 15) is 9.90 Å². The summed E-state index contributed by atoms with van der Waals surface area (Å²) in [5, 5.41) is 12.8. The summed E-state index contributed by atoms with van der Waals surface area (Å²) in [6.07, 6.45) is -0.631.